The Balaban J connectivity index is 1.37. The van der Waals surface area contributed by atoms with Gasteiger partial charge in [-0.15, -0.1) is 0 Å². The van der Waals surface area contributed by atoms with Crippen LogP contribution in [0, 0.1) is 5.92 Å². The van der Waals surface area contributed by atoms with Crippen LogP contribution in [0.4, 0.5) is 4.79 Å². The summed E-state index contributed by atoms with van der Waals surface area (Å²) in [5.41, 5.74) is 4.41. The number of hydrogen-bond donors (Lipinski definition) is 3. The predicted molar refractivity (Wildman–Crippen MR) is 121 cm³/mol. The number of carboxylic acid groups (broad SMARTS) is 1. The van der Waals surface area contributed by atoms with E-state index >= 15 is 0 Å². The van der Waals surface area contributed by atoms with Gasteiger partial charge in [0.1, 0.15) is 18.7 Å². The van der Waals surface area contributed by atoms with Gasteiger partial charge in [-0.2, -0.15) is 0 Å². The van der Waals surface area contributed by atoms with Crippen LogP contribution < -0.4 is 10.6 Å². The number of carbonyl (C=O) groups excluding carboxylic acids is 2. The summed E-state index contributed by atoms with van der Waals surface area (Å²) in [4.78, 5) is 36.7. The molecule has 174 valence electrons. The Labute approximate surface area is 192 Å². The minimum absolute atomic E-state index is 0.104. The molecule has 0 radical (unpaired) electrons. The van der Waals surface area contributed by atoms with E-state index in [2.05, 4.69) is 10.6 Å². The van der Waals surface area contributed by atoms with E-state index in [1.165, 1.54) is 7.11 Å². The zero-order chi connectivity index (χ0) is 23.4. The van der Waals surface area contributed by atoms with E-state index in [0.717, 1.165) is 35.1 Å². The van der Waals surface area contributed by atoms with Gasteiger partial charge in [0.25, 0.3) is 0 Å². The van der Waals surface area contributed by atoms with Crippen molar-refractivity contribution in [3.05, 3.63) is 59.7 Å². The third-order valence-electron chi connectivity index (χ3n) is 6.17. The van der Waals surface area contributed by atoms with Crippen molar-refractivity contribution in [2.24, 2.45) is 5.92 Å². The lowest BCUT2D eigenvalue weighted by atomic mass is 9.98. The van der Waals surface area contributed by atoms with Gasteiger partial charge in [0.05, 0.1) is 6.61 Å². The summed E-state index contributed by atoms with van der Waals surface area (Å²) < 4.78 is 10.5. The number of ether oxygens (including phenoxy) is 2. The Hall–Kier alpha value is -3.39. The summed E-state index contributed by atoms with van der Waals surface area (Å²) in [6.07, 6.45) is 1.56. The highest BCUT2D eigenvalue weighted by Gasteiger charge is 2.33. The third-order valence-corrected chi connectivity index (χ3v) is 6.17. The highest BCUT2D eigenvalue weighted by Crippen LogP contribution is 2.44. The normalized spacial score (nSPS) is 16.3. The number of amides is 2. The van der Waals surface area contributed by atoms with Gasteiger partial charge in [-0.1, -0.05) is 61.4 Å². The standard InChI is InChI=1S/C25H28N2O6/c1-32-14-22(23(28)26-21(24(29)30)12-15-10-11-15)27-25(31)33-13-20-18-8-4-2-6-16(18)17-7-3-5-9-19(17)20/h2-9,15,20-22H,10-14H2,1H3,(H,26,28)(H,27,31)(H,29,30). The second-order valence-corrected chi connectivity index (χ2v) is 8.56. The van der Waals surface area contributed by atoms with Crippen molar-refractivity contribution in [1.82, 2.24) is 10.6 Å². The second-order valence-electron chi connectivity index (χ2n) is 8.56. The average molecular weight is 453 g/mol. The topological polar surface area (TPSA) is 114 Å². The first-order valence-corrected chi connectivity index (χ1v) is 11.1. The van der Waals surface area contributed by atoms with Crippen molar-refractivity contribution in [3.63, 3.8) is 0 Å². The van der Waals surface area contributed by atoms with E-state index in [-0.39, 0.29) is 19.1 Å². The lowest BCUT2D eigenvalue weighted by Crippen LogP contribution is -2.53. The van der Waals surface area contributed by atoms with Gasteiger partial charge in [0.15, 0.2) is 0 Å². The van der Waals surface area contributed by atoms with Gasteiger partial charge in [0.2, 0.25) is 5.91 Å². The lowest BCUT2D eigenvalue weighted by Gasteiger charge is -2.21. The largest absolute Gasteiger partial charge is 0.480 e. The molecular formula is C25H28N2O6. The van der Waals surface area contributed by atoms with Crippen LogP contribution in [0.2, 0.25) is 0 Å². The smallest absolute Gasteiger partial charge is 0.407 e. The number of hydrogen-bond acceptors (Lipinski definition) is 5. The molecule has 8 heteroatoms. The number of alkyl carbamates (subject to hydrolysis) is 1. The molecular weight excluding hydrogens is 424 g/mol. The molecule has 0 aliphatic heterocycles. The van der Waals surface area contributed by atoms with Crippen LogP contribution in [-0.4, -0.2) is 55.5 Å². The Morgan fingerprint density at radius 2 is 1.58 bits per heavy atom. The van der Waals surface area contributed by atoms with Gasteiger partial charge in [-0.05, 0) is 34.6 Å². The van der Waals surface area contributed by atoms with Crippen molar-refractivity contribution in [2.45, 2.75) is 37.3 Å². The average Bonchev–Trinajstić information content (AvgIpc) is 3.57. The summed E-state index contributed by atoms with van der Waals surface area (Å²) in [5, 5.41) is 14.4. The number of rotatable bonds is 10. The van der Waals surface area contributed by atoms with E-state index < -0.39 is 30.1 Å². The maximum absolute atomic E-state index is 12.6. The van der Waals surface area contributed by atoms with Crippen LogP contribution in [0.15, 0.2) is 48.5 Å². The number of nitrogens with one attached hydrogen (secondary N) is 2. The third kappa shape index (κ3) is 5.34. The first kappa shape index (κ1) is 22.8. The second kappa shape index (κ2) is 10.0. The lowest BCUT2D eigenvalue weighted by molar-refractivity contribution is -0.142. The van der Waals surface area contributed by atoms with Gasteiger partial charge in [0, 0.05) is 13.0 Å². The monoisotopic (exact) mass is 452 g/mol. The fraction of sp³-hybridized carbons (Fsp3) is 0.400. The zero-order valence-electron chi connectivity index (χ0n) is 18.5. The molecule has 33 heavy (non-hydrogen) atoms. The molecule has 2 aliphatic rings. The van der Waals surface area contributed by atoms with Crippen molar-refractivity contribution in [1.29, 1.82) is 0 Å². The van der Waals surface area contributed by atoms with Crippen molar-refractivity contribution >= 4 is 18.0 Å². The van der Waals surface area contributed by atoms with E-state index in [1.807, 2.05) is 48.5 Å². The van der Waals surface area contributed by atoms with Gasteiger partial charge in [-0.3, -0.25) is 4.79 Å². The van der Waals surface area contributed by atoms with Crippen LogP contribution in [0.3, 0.4) is 0 Å². The van der Waals surface area contributed by atoms with Crippen LogP contribution in [0.5, 0.6) is 0 Å². The first-order chi connectivity index (χ1) is 16.0. The Morgan fingerprint density at radius 1 is 0.970 bits per heavy atom. The molecule has 0 aromatic heterocycles. The van der Waals surface area contributed by atoms with E-state index in [0.29, 0.717) is 12.3 Å². The molecule has 2 aliphatic carbocycles. The first-order valence-electron chi connectivity index (χ1n) is 11.1. The number of aliphatic carboxylic acids is 1. The summed E-state index contributed by atoms with van der Waals surface area (Å²) >= 11 is 0. The van der Waals surface area contributed by atoms with Crippen molar-refractivity contribution < 1.29 is 29.0 Å². The van der Waals surface area contributed by atoms with Gasteiger partial charge < -0.3 is 25.2 Å². The van der Waals surface area contributed by atoms with Crippen LogP contribution in [0.25, 0.3) is 11.1 Å². The molecule has 2 aromatic rings. The van der Waals surface area contributed by atoms with E-state index in [1.54, 1.807) is 0 Å². The minimum Gasteiger partial charge on any atom is -0.480 e. The molecule has 1 saturated carbocycles. The number of benzene rings is 2. The summed E-state index contributed by atoms with van der Waals surface area (Å²) in [6.45, 7) is 0.00636. The maximum Gasteiger partial charge on any atom is 0.407 e. The zero-order valence-corrected chi connectivity index (χ0v) is 18.5. The van der Waals surface area contributed by atoms with Crippen molar-refractivity contribution in [2.75, 3.05) is 20.3 Å². The van der Waals surface area contributed by atoms with E-state index in [9.17, 15) is 19.5 Å². The molecule has 0 saturated heterocycles. The molecule has 8 nitrogen and oxygen atoms in total. The molecule has 2 atom stereocenters. The fourth-order valence-electron chi connectivity index (χ4n) is 4.31. The minimum atomic E-state index is -1.09. The Bertz CT molecular complexity index is 990. The maximum atomic E-state index is 12.6. The summed E-state index contributed by atoms with van der Waals surface area (Å²) in [6, 6.07) is 14.0. The molecule has 4 rings (SSSR count). The predicted octanol–water partition coefficient (Wildman–Crippen LogP) is 2.91. The number of carboxylic acids is 1. The SMILES string of the molecule is COCC(NC(=O)OCC1c2ccccc2-c2ccccc21)C(=O)NC(CC1CC1)C(=O)O. The van der Waals surface area contributed by atoms with Gasteiger partial charge >= 0.3 is 12.1 Å². The molecule has 0 spiro atoms. The van der Waals surface area contributed by atoms with Crippen molar-refractivity contribution in [3.8, 4) is 11.1 Å². The molecule has 2 unspecified atom stereocenters. The molecule has 1 fully saturated rings. The van der Waals surface area contributed by atoms with Crippen LogP contribution in [0.1, 0.15) is 36.3 Å². The molecule has 0 bridgehead atoms. The quantitative estimate of drug-likeness (QED) is 0.511. The molecule has 2 aromatic carbocycles. The number of methoxy groups -OCH3 is 1. The molecule has 3 N–H and O–H groups in total. The number of carbonyl (C=O) groups is 3. The van der Waals surface area contributed by atoms with E-state index in [4.69, 9.17) is 9.47 Å². The molecule has 0 heterocycles. The summed E-state index contributed by atoms with van der Waals surface area (Å²) in [5.74, 6) is -1.49. The van der Waals surface area contributed by atoms with Crippen LogP contribution >= 0.6 is 0 Å². The molecule has 2 amide bonds. The fourth-order valence-corrected chi connectivity index (χ4v) is 4.31. The Morgan fingerprint density at radius 3 is 2.12 bits per heavy atom. The highest BCUT2D eigenvalue weighted by atomic mass is 16.5. The highest BCUT2D eigenvalue weighted by molar-refractivity contribution is 5.89. The Kier molecular flexibility index (Phi) is 6.93. The number of fused-ring (bicyclic) bond motifs is 3. The van der Waals surface area contributed by atoms with Gasteiger partial charge in [-0.25, -0.2) is 9.59 Å². The summed E-state index contributed by atoms with van der Waals surface area (Å²) in [7, 11) is 1.40. The van der Waals surface area contributed by atoms with Crippen LogP contribution in [-0.2, 0) is 19.1 Å².